The van der Waals surface area contributed by atoms with Crippen LogP contribution in [0.2, 0.25) is 0 Å². The van der Waals surface area contributed by atoms with Crippen molar-refractivity contribution in [3.63, 3.8) is 0 Å². The van der Waals surface area contributed by atoms with Crippen LogP contribution in [0.25, 0.3) is 11.6 Å². The summed E-state index contributed by atoms with van der Waals surface area (Å²) in [4.78, 5) is 0. The molecule has 0 aliphatic rings. The van der Waals surface area contributed by atoms with Crippen molar-refractivity contribution in [1.82, 2.24) is 0 Å². The Balaban J connectivity index is 2.51. The average molecular weight is 363 g/mol. The third kappa shape index (κ3) is 4.09. The molecule has 0 spiro atoms. The lowest BCUT2D eigenvalue weighted by Crippen LogP contribution is -2.04. The first-order chi connectivity index (χ1) is 12.3. The Labute approximate surface area is 149 Å². The topological polar surface area (TPSA) is 51.5 Å². The molecule has 7 heteroatoms. The Bertz CT molecular complexity index is 850. The molecule has 0 fully saturated rings. The standard InChI is InChI=1S/C19H16F3NO3/c1-24-16-10-18(26-3)17(25-2)9-15(16)13(11-23)8-12-4-6-14(7-5-12)19(20,21)22/h4-10H,1-3H3. The zero-order valence-corrected chi connectivity index (χ0v) is 14.3. The minimum atomic E-state index is -4.41. The molecule has 0 saturated carbocycles. The van der Waals surface area contributed by atoms with E-state index in [0.717, 1.165) is 12.1 Å². The number of rotatable bonds is 5. The molecule has 0 aliphatic heterocycles. The van der Waals surface area contributed by atoms with Gasteiger partial charge in [-0.3, -0.25) is 0 Å². The normalized spacial score (nSPS) is 11.7. The Hall–Kier alpha value is -3.14. The monoisotopic (exact) mass is 363 g/mol. The van der Waals surface area contributed by atoms with Crippen LogP contribution in [-0.2, 0) is 6.18 Å². The zero-order chi connectivity index (χ0) is 19.3. The fourth-order valence-electron chi connectivity index (χ4n) is 2.34. The second kappa shape index (κ2) is 7.83. The van der Waals surface area contributed by atoms with Crippen LogP contribution in [0.3, 0.4) is 0 Å². The number of nitrogens with zero attached hydrogens (tertiary/aromatic N) is 1. The molecule has 0 radical (unpaired) electrons. The van der Waals surface area contributed by atoms with Crippen molar-refractivity contribution in [3.8, 4) is 23.3 Å². The second-order valence-corrected chi connectivity index (χ2v) is 5.20. The molecule has 0 heterocycles. The highest BCUT2D eigenvalue weighted by molar-refractivity contribution is 5.92. The van der Waals surface area contributed by atoms with Gasteiger partial charge in [-0.1, -0.05) is 12.1 Å². The van der Waals surface area contributed by atoms with Crippen LogP contribution < -0.4 is 14.2 Å². The minimum absolute atomic E-state index is 0.211. The smallest absolute Gasteiger partial charge is 0.416 e. The van der Waals surface area contributed by atoms with Gasteiger partial charge in [0.1, 0.15) is 5.75 Å². The van der Waals surface area contributed by atoms with E-state index < -0.39 is 11.7 Å². The molecule has 0 bridgehead atoms. The zero-order valence-electron chi connectivity index (χ0n) is 14.3. The summed E-state index contributed by atoms with van der Waals surface area (Å²) in [6, 6.07) is 9.72. The van der Waals surface area contributed by atoms with Crippen molar-refractivity contribution < 1.29 is 27.4 Å². The lowest BCUT2D eigenvalue weighted by Gasteiger charge is -2.13. The fraction of sp³-hybridized carbons (Fsp3) is 0.211. The van der Waals surface area contributed by atoms with E-state index in [1.54, 1.807) is 12.1 Å². The Morgan fingerprint density at radius 1 is 0.923 bits per heavy atom. The average Bonchev–Trinajstić information content (AvgIpc) is 2.64. The van der Waals surface area contributed by atoms with Gasteiger partial charge in [-0.15, -0.1) is 0 Å². The molecule has 0 aliphatic carbocycles. The number of nitriles is 1. The number of methoxy groups -OCH3 is 3. The third-order valence-corrected chi connectivity index (χ3v) is 3.67. The Kier molecular flexibility index (Phi) is 5.78. The molecule has 2 rings (SSSR count). The molecule has 2 aromatic rings. The van der Waals surface area contributed by atoms with Gasteiger partial charge in [0.2, 0.25) is 0 Å². The van der Waals surface area contributed by atoms with Gasteiger partial charge >= 0.3 is 6.18 Å². The maximum atomic E-state index is 12.7. The highest BCUT2D eigenvalue weighted by Crippen LogP contribution is 2.38. The van der Waals surface area contributed by atoms with E-state index in [2.05, 4.69) is 0 Å². The number of hydrogen-bond donors (Lipinski definition) is 0. The van der Waals surface area contributed by atoms with Crippen molar-refractivity contribution >= 4 is 11.6 Å². The molecule has 0 N–H and O–H groups in total. The van der Waals surface area contributed by atoms with Gasteiger partial charge < -0.3 is 14.2 Å². The van der Waals surface area contributed by atoms with E-state index in [1.165, 1.54) is 39.5 Å². The molecule has 0 amide bonds. The van der Waals surface area contributed by atoms with Crippen molar-refractivity contribution in [2.24, 2.45) is 0 Å². The summed E-state index contributed by atoms with van der Waals surface area (Å²) in [5, 5.41) is 9.51. The van der Waals surface area contributed by atoms with Crippen LogP contribution >= 0.6 is 0 Å². The van der Waals surface area contributed by atoms with Crippen molar-refractivity contribution in [2.45, 2.75) is 6.18 Å². The van der Waals surface area contributed by atoms with Gasteiger partial charge in [0, 0.05) is 11.6 Å². The molecule has 2 aromatic carbocycles. The SMILES string of the molecule is COc1cc(OC)c(C(C#N)=Cc2ccc(C(F)(F)F)cc2)cc1OC. The van der Waals surface area contributed by atoms with Gasteiger partial charge in [-0.2, -0.15) is 18.4 Å². The number of benzene rings is 2. The molecular formula is C19H16F3NO3. The number of allylic oxidation sites excluding steroid dienone is 1. The van der Waals surface area contributed by atoms with Crippen LogP contribution in [-0.4, -0.2) is 21.3 Å². The summed E-state index contributed by atoms with van der Waals surface area (Å²) < 4.78 is 53.7. The Morgan fingerprint density at radius 3 is 1.92 bits per heavy atom. The van der Waals surface area contributed by atoms with Gasteiger partial charge in [-0.05, 0) is 29.8 Å². The molecule has 0 saturated heterocycles. The molecule has 136 valence electrons. The molecule has 0 aromatic heterocycles. The summed E-state index contributed by atoms with van der Waals surface area (Å²) in [7, 11) is 4.37. The molecular weight excluding hydrogens is 347 g/mol. The first-order valence-electron chi connectivity index (χ1n) is 7.43. The van der Waals surface area contributed by atoms with Crippen LogP contribution in [0.4, 0.5) is 13.2 Å². The molecule has 4 nitrogen and oxygen atoms in total. The van der Waals surface area contributed by atoms with Crippen molar-refractivity contribution in [3.05, 3.63) is 53.1 Å². The number of hydrogen-bond acceptors (Lipinski definition) is 4. The predicted molar refractivity (Wildman–Crippen MR) is 91.0 cm³/mol. The summed E-state index contributed by atoms with van der Waals surface area (Å²) in [5.74, 6) is 1.21. The van der Waals surface area contributed by atoms with E-state index in [1.807, 2.05) is 6.07 Å². The van der Waals surface area contributed by atoms with E-state index in [4.69, 9.17) is 14.2 Å². The number of alkyl halides is 3. The third-order valence-electron chi connectivity index (χ3n) is 3.67. The lowest BCUT2D eigenvalue weighted by molar-refractivity contribution is -0.137. The predicted octanol–water partition coefficient (Wildman–Crippen LogP) is 4.80. The number of halogens is 3. The van der Waals surface area contributed by atoms with Gasteiger partial charge in [0.05, 0.1) is 38.5 Å². The van der Waals surface area contributed by atoms with Gasteiger partial charge in [-0.25, -0.2) is 0 Å². The van der Waals surface area contributed by atoms with E-state index in [9.17, 15) is 18.4 Å². The van der Waals surface area contributed by atoms with Crippen molar-refractivity contribution in [2.75, 3.05) is 21.3 Å². The highest BCUT2D eigenvalue weighted by atomic mass is 19.4. The van der Waals surface area contributed by atoms with Crippen molar-refractivity contribution in [1.29, 1.82) is 5.26 Å². The van der Waals surface area contributed by atoms with E-state index >= 15 is 0 Å². The maximum Gasteiger partial charge on any atom is 0.416 e. The van der Waals surface area contributed by atoms with E-state index in [0.29, 0.717) is 28.4 Å². The van der Waals surface area contributed by atoms with Crippen LogP contribution in [0, 0.1) is 11.3 Å². The second-order valence-electron chi connectivity index (χ2n) is 5.20. The molecule has 26 heavy (non-hydrogen) atoms. The fourth-order valence-corrected chi connectivity index (χ4v) is 2.34. The van der Waals surface area contributed by atoms with Crippen LogP contribution in [0.1, 0.15) is 16.7 Å². The summed E-state index contributed by atoms with van der Waals surface area (Å²) in [6.07, 6.45) is -2.93. The van der Waals surface area contributed by atoms with E-state index in [-0.39, 0.29) is 5.57 Å². The molecule has 0 unspecified atom stereocenters. The summed E-state index contributed by atoms with van der Waals surface area (Å²) >= 11 is 0. The van der Waals surface area contributed by atoms with Gasteiger partial charge in [0.25, 0.3) is 0 Å². The largest absolute Gasteiger partial charge is 0.496 e. The summed E-state index contributed by atoms with van der Waals surface area (Å²) in [5.41, 5.74) is 0.346. The minimum Gasteiger partial charge on any atom is -0.496 e. The number of ether oxygens (including phenoxy) is 3. The highest BCUT2D eigenvalue weighted by Gasteiger charge is 2.29. The lowest BCUT2D eigenvalue weighted by atomic mass is 10.0. The Morgan fingerprint density at radius 2 is 1.46 bits per heavy atom. The first kappa shape index (κ1) is 19.2. The van der Waals surface area contributed by atoms with Crippen LogP contribution in [0.5, 0.6) is 17.2 Å². The quantitative estimate of drug-likeness (QED) is 0.566. The van der Waals surface area contributed by atoms with Crippen LogP contribution in [0.15, 0.2) is 36.4 Å². The van der Waals surface area contributed by atoms with Gasteiger partial charge in [0.15, 0.2) is 11.5 Å². The first-order valence-corrected chi connectivity index (χ1v) is 7.43. The molecule has 0 atom stereocenters. The summed E-state index contributed by atoms with van der Waals surface area (Å²) in [6.45, 7) is 0. The maximum absolute atomic E-state index is 12.7.